The number of thiazole rings is 1. The lowest BCUT2D eigenvalue weighted by Gasteiger charge is -2.37. The maximum absolute atomic E-state index is 13.6. The van der Waals surface area contributed by atoms with Gasteiger partial charge in [-0.25, -0.2) is 4.98 Å². The van der Waals surface area contributed by atoms with Crippen molar-refractivity contribution in [2.45, 2.75) is 104 Å². The molecule has 3 rings (SSSR count). The summed E-state index contributed by atoms with van der Waals surface area (Å²) < 4.78 is 17.4. The summed E-state index contributed by atoms with van der Waals surface area (Å²) in [4.78, 5) is 31.3. The van der Waals surface area contributed by atoms with Crippen LogP contribution in [0, 0.1) is 24.2 Å². The number of nitrogens with one attached hydrogen (secondary N) is 1. The van der Waals surface area contributed by atoms with Crippen LogP contribution in [0.3, 0.4) is 0 Å². The number of carbonyl (C=O) groups is 2. The molecule has 2 saturated heterocycles. The van der Waals surface area contributed by atoms with Gasteiger partial charge >= 0.3 is 5.97 Å². The summed E-state index contributed by atoms with van der Waals surface area (Å²) in [6.45, 7) is 11.7. The summed E-state index contributed by atoms with van der Waals surface area (Å²) in [7, 11) is 4.57. The van der Waals surface area contributed by atoms with E-state index < -0.39 is 11.5 Å². The third-order valence-corrected chi connectivity index (χ3v) is 9.26. The molecule has 36 heavy (non-hydrogen) atoms. The number of hydrogen-bond donors (Lipinski definition) is 1. The van der Waals surface area contributed by atoms with Crippen molar-refractivity contribution < 1.29 is 23.4 Å². The van der Waals surface area contributed by atoms with Crippen LogP contribution in [0.2, 0.25) is 0 Å². The van der Waals surface area contributed by atoms with E-state index in [1.165, 1.54) is 0 Å². The molecule has 9 unspecified atom stereocenters. The Morgan fingerprint density at radius 1 is 1.22 bits per heavy atom. The molecular weight excluding hydrogens is 514 g/mol. The molecule has 3 heterocycles. The van der Waals surface area contributed by atoms with Crippen LogP contribution in [0.15, 0.2) is 11.0 Å². The minimum Gasteiger partial charge on any atom is -0.458 e. The largest absolute Gasteiger partial charge is 0.458 e. The van der Waals surface area contributed by atoms with E-state index in [9.17, 15) is 9.59 Å². The first-order valence-corrected chi connectivity index (χ1v) is 14.6. The number of fused-ring (bicyclic) bond motifs is 1. The van der Waals surface area contributed by atoms with Gasteiger partial charge < -0.3 is 19.1 Å². The van der Waals surface area contributed by atoms with E-state index in [4.69, 9.17) is 13.8 Å². The number of aromatic nitrogens is 1. The highest BCUT2D eigenvalue weighted by Gasteiger charge is 2.45. The summed E-state index contributed by atoms with van der Waals surface area (Å²) in [6, 6.07) is 0.725. The van der Waals surface area contributed by atoms with Crippen LogP contribution >= 0.6 is 30.3 Å². The van der Waals surface area contributed by atoms with E-state index in [1.807, 2.05) is 46.1 Å². The average molecular weight is 557 g/mol. The Labute approximate surface area is 224 Å². The van der Waals surface area contributed by atoms with Crippen molar-refractivity contribution in [1.29, 1.82) is 0 Å². The van der Waals surface area contributed by atoms with Gasteiger partial charge in [-0.3, -0.25) is 9.59 Å². The van der Waals surface area contributed by atoms with Gasteiger partial charge in [0.15, 0.2) is 0 Å². The van der Waals surface area contributed by atoms with E-state index in [1.54, 1.807) is 11.3 Å². The quantitative estimate of drug-likeness (QED) is 0.306. The van der Waals surface area contributed by atoms with Crippen LogP contribution in [0.1, 0.15) is 77.4 Å². The monoisotopic (exact) mass is 556 g/mol. The molecule has 9 atom stereocenters. The molecule has 2 fully saturated rings. The summed E-state index contributed by atoms with van der Waals surface area (Å²) in [5.41, 5.74) is 0.939. The predicted octanol–water partition coefficient (Wildman–Crippen LogP) is 5.29. The third kappa shape index (κ3) is 7.42. The van der Waals surface area contributed by atoms with Gasteiger partial charge in [0.05, 0.1) is 34.7 Å². The van der Waals surface area contributed by atoms with E-state index in [0.717, 1.165) is 35.5 Å². The predicted molar refractivity (Wildman–Crippen MR) is 150 cm³/mol. The summed E-state index contributed by atoms with van der Waals surface area (Å²) >= 11 is 1.60. The van der Waals surface area contributed by atoms with Gasteiger partial charge in [-0.1, -0.05) is 34.1 Å². The Kier molecular flexibility index (Phi) is 10.7. The lowest BCUT2D eigenvalue weighted by molar-refractivity contribution is -0.152. The van der Waals surface area contributed by atoms with Gasteiger partial charge in [0.25, 0.3) is 0 Å². The van der Waals surface area contributed by atoms with Gasteiger partial charge in [-0.2, -0.15) is 0 Å². The van der Waals surface area contributed by atoms with E-state index in [-0.39, 0.29) is 42.2 Å². The third-order valence-electron chi connectivity index (χ3n) is 7.82. The zero-order chi connectivity index (χ0) is 26.6. The number of hydrogen-bond acceptors (Lipinski definition) is 8. The van der Waals surface area contributed by atoms with E-state index in [2.05, 4.69) is 36.2 Å². The van der Waals surface area contributed by atoms with Crippen molar-refractivity contribution in [3.8, 4) is 0 Å². The Hall–Kier alpha value is -0.750. The number of ketones is 1. The van der Waals surface area contributed by atoms with Crippen LogP contribution in [0.4, 0.5) is 0 Å². The molecule has 0 amide bonds. The Balaban J connectivity index is 1.86. The molecule has 10 heteroatoms. The molecule has 0 aromatic carbocycles. The molecule has 1 N–H and O–H groups in total. The molecule has 0 spiro atoms. The highest BCUT2D eigenvalue weighted by molar-refractivity contribution is 7.10. The molecule has 202 valence electrons. The maximum Gasteiger partial charge on any atom is 0.309 e. The SMILES string of the molecule is CC(=Cc1csc(C)n1)C1CC2NC2CCCC(C)C(OP)C(C)C(=O)C(C)(C)C(OP)CC(=O)O1. The average Bonchev–Trinajstić information content (AvgIpc) is 3.43. The number of rotatable bonds is 4. The molecule has 7 nitrogen and oxygen atoms in total. The first kappa shape index (κ1) is 29.8. The lowest BCUT2D eigenvalue weighted by Crippen LogP contribution is -2.46. The Morgan fingerprint density at radius 3 is 2.56 bits per heavy atom. The molecule has 2 aliphatic rings. The number of ether oxygens (including phenoxy) is 1. The zero-order valence-electron chi connectivity index (χ0n) is 22.3. The van der Waals surface area contributed by atoms with Crippen LogP contribution in [-0.2, 0) is 23.4 Å². The summed E-state index contributed by atoms with van der Waals surface area (Å²) in [6.07, 6.45) is 4.53. The van der Waals surface area contributed by atoms with Gasteiger partial charge in [0, 0.05) is 48.7 Å². The van der Waals surface area contributed by atoms with Crippen molar-refractivity contribution in [3.63, 3.8) is 0 Å². The molecule has 0 aliphatic carbocycles. The van der Waals surface area contributed by atoms with Crippen molar-refractivity contribution in [1.82, 2.24) is 10.3 Å². The van der Waals surface area contributed by atoms with Crippen molar-refractivity contribution >= 4 is 48.1 Å². The normalized spacial score (nSPS) is 34.7. The fourth-order valence-electron chi connectivity index (χ4n) is 5.36. The molecule has 0 bridgehead atoms. The first-order valence-electron chi connectivity index (χ1n) is 12.8. The zero-order valence-corrected chi connectivity index (χ0v) is 25.4. The van der Waals surface area contributed by atoms with Gasteiger partial charge in [0.2, 0.25) is 0 Å². The van der Waals surface area contributed by atoms with Crippen LogP contribution in [0.25, 0.3) is 6.08 Å². The number of aryl methyl sites for hydroxylation is 1. The second-order valence-electron chi connectivity index (χ2n) is 11.0. The fourth-order valence-corrected chi connectivity index (χ4v) is 6.87. The van der Waals surface area contributed by atoms with E-state index in [0.29, 0.717) is 18.5 Å². The van der Waals surface area contributed by atoms with Crippen molar-refractivity contribution in [3.05, 3.63) is 21.7 Å². The number of cyclic esters (lactones) is 1. The van der Waals surface area contributed by atoms with Crippen LogP contribution in [-0.4, -0.2) is 47.1 Å². The molecule has 1 aromatic rings. The number of esters is 1. The smallest absolute Gasteiger partial charge is 0.309 e. The van der Waals surface area contributed by atoms with Gasteiger partial charge in [-0.15, -0.1) is 11.3 Å². The lowest BCUT2D eigenvalue weighted by atomic mass is 9.73. The first-order chi connectivity index (χ1) is 17.0. The van der Waals surface area contributed by atoms with Crippen LogP contribution < -0.4 is 5.32 Å². The van der Waals surface area contributed by atoms with Gasteiger partial charge in [-0.05, 0) is 44.3 Å². The standard InChI is InChI=1S/C26H42N2O5P2S/c1-14-8-7-9-19-20(28-19)11-21(15(2)10-18-13-36-17(4)27-18)31-23(29)12-22(32-34)26(5,6)25(30)16(3)24(14)33-35/h10,13-14,16,19-22,24,28H,7-9,11-12,34-35H2,1-6H3. The minimum atomic E-state index is -0.903. The van der Waals surface area contributed by atoms with Crippen molar-refractivity contribution in [2.24, 2.45) is 17.3 Å². The van der Waals surface area contributed by atoms with Crippen LogP contribution in [0.5, 0.6) is 0 Å². The molecular formula is C26H42N2O5P2S. The molecule has 1 aromatic heterocycles. The topological polar surface area (TPSA) is 96.7 Å². The Bertz CT molecular complexity index is 953. The second kappa shape index (κ2) is 12.9. The molecule has 2 aliphatic heterocycles. The maximum atomic E-state index is 13.6. The fraction of sp³-hybridized carbons (Fsp3) is 0.731. The van der Waals surface area contributed by atoms with E-state index >= 15 is 0 Å². The van der Waals surface area contributed by atoms with Crippen molar-refractivity contribution in [2.75, 3.05) is 0 Å². The second-order valence-corrected chi connectivity index (χ2v) is 12.6. The van der Waals surface area contributed by atoms with Gasteiger partial charge in [0.1, 0.15) is 11.9 Å². The number of carbonyl (C=O) groups excluding carboxylic acids is 2. The number of Topliss-reactive ketones (excluding diaryl/α,β-unsaturated/α-hetero) is 1. The summed E-state index contributed by atoms with van der Waals surface area (Å²) in [5, 5.41) is 6.58. The highest BCUT2D eigenvalue weighted by atomic mass is 32.1. The number of nitrogens with zero attached hydrogens (tertiary/aromatic N) is 1. The molecule has 0 saturated carbocycles. The minimum absolute atomic E-state index is 0.0158. The highest BCUT2D eigenvalue weighted by Crippen LogP contribution is 2.37. The summed E-state index contributed by atoms with van der Waals surface area (Å²) in [5.74, 6) is -0.475. The molecule has 0 radical (unpaired) electrons. The Morgan fingerprint density at radius 2 is 1.94 bits per heavy atom.